The number of hydrogen-bond acceptors (Lipinski definition) is 5. The van der Waals surface area contributed by atoms with Crippen molar-refractivity contribution >= 4 is 15.9 Å². The third-order valence-corrected chi connectivity index (χ3v) is 5.05. The summed E-state index contributed by atoms with van der Waals surface area (Å²) in [6.07, 6.45) is 1.92. The summed E-state index contributed by atoms with van der Waals surface area (Å²) in [5.74, 6) is -0.0888. The molecule has 22 heavy (non-hydrogen) atoms. The summed E-state index contributed by atoms with van der Waals surface area (Å²) in [5, 5.41) is 6.13. The Balaban J connectivity index is 2.24. The van der Waals surface area contributed by atoms with Crippen LogP contribution in [0.1, 0.15) is 23.2 Å². The predicted molar refractivity (Wildman–Crippen MR) is 82.6 cm³/mol. The number of rotatable bonds is 5. The zero-order valence-electron chi connectivity index (χ0n) is 12.7. The van der Waals surface area contributed by atoms with Gasteiger partial charge in [-0.05, 0) is 44.6 Å². The largest absolute Gasteiger partial charge is 0.495 e. The first-order valence-corrected chi connectivity index (χ1v) is 8.59. The molecule has 0 bridgehead atoms. The predicted octanol–water partition coefficient (Wildman–Crippen LogP) is 0.0851. The van der Waals surface area contributed by atoms with Crippen LogP contribution in [0.4, 0.5) is 0 Å². The SMILES string of the molecule is CNS(=O)(=O)c1cc(C(=O)N[C@H]2CCCNC2)ccc1OC. The van der Waals surface area contributed by atoms with Crippen molar-refractivity contribution < 1.29 is 17.9 Å². The summed E-state index contributed by atoms with van der Waals surface area (Å²) in [4.78, 5) is 12.2. The van der Waals surface area contributed by atoms with E-state index in [0.29, 0.717) is 5.56 Å². The van der Waals surface area contributed by atoms with Crippen molar-refractivity contribution in [3.63, 3.8) is 0 Å². The van der Waals surface area contributed by atoms with Crippen LogP contribution >= 0.6 is 0 Å². The van der Waals surface area contributed by atoms with Gasteiger partial charge in [0.2, 0.25) is 10.0 Å². The first-order valence-electron chi connectivity index (χ1n) is 7.11. The van der Waals surface area contributed by atoms with Gasteiger partial charge in [-0.1, -0.05) is 0 Å². The Kier molecular flexibility index (Phi) is 5.38. The number of nitrogens with one attached hydrogen (secondary N) is 3. The average molecular weight is 327 g/mol. The molecule has 1 amide bonds. The lowest BCUT2D eigenvalue weighted by Crippen LogP contribution is -2.45. The van der Waals surface area contributed by atoms with E-state index in [0.717, 1.165) is 25.9 Å². The topological polar surface area (TPSA) is 96.5 Å². The maximum absolute atomic E-state index is 12.3. The van der Waals surface area contributed by atoms with Crippen LogP contribution in [0.2, 0.25) is 0 Å². The molecule has 0 saturated carbocycles. The summed E-state index contributed by atoms with van der Waals surface area (Å²) in [6.45, 7) is 1.68. The number of ether oxygens (including phenoxy) is 1. The Morgan fingerprint density at radius 2 is 2.18 bits per heavy atom. The summed E-state index contributed by atoms with van der Waals surface area (Å²) < 4.78 is 31.3. The molecule has 0 unspecified atom stereocenters. The van der Waals surface area contributed by atoms with Gasteiger partial charge in [-0.25, -0.2) is 13.1 Å². The van der Waals surface area contributed by atoms with Gasteiger partial charge in [0.1, 0.15) is 10.6 Å². The van der Waals surface area contributed by atoms with E-state index in [1.165, 1.54) is 26.3 Å². The Morgan fingerprint density at radius 1 is 1.41 bits per heavy atom. The second kappa shape index (κ2) is 7.08. The number of sulfonamides is 1. The molecule has 7 nitrogen and oxygen atoms in total. The lowest BCUT2D eigenvalue weighted by Gasteiger charge is -2.24. The molecule has 1 aromatic rings. The Labute approximate surface area is 130 Å². The van der Waals surface area contributed by atoms with E-state index >= 15 is 0 Å². The van der Waals surface area contributed by atoms with E-state index < -0.39 is 10.0 Å². The fraction of sp³-hybridized carbons (Fsp3) is 0.500. The van der Waals surface area contributed by atoms with Crippen molar-refractivity contribution in [2.75, 3.05) is 27.2 Å². The van der Waals surface area contributed by atoms with Gasteiger partial charge in [-0.3, -0.25) is 4.79 Å². The normalized spacial score (nSPS) is 18.7. The third-order valence-electron chi connectivity index (χ3n) is 3.62. The molecule has 1 aliphatic rings. The molecule has 0 radical (unpaired) electrons. The van der Waals surface area contributed by atoms with Gasteiger partial charge < -0.3 is 15.4 Å². The molecule has 3 N–H and O–H groups in total. The summed E-state index contributed by atoms with van der Waals surface area (Å²) in [5.41, 5.74) is 0.292. The molecule has 1 saturated heterocycles. The standard InChI is InChI=1S/C14H21N3O4S/c1-15-22(19,20)13-8-10(5-6-12(13)21-2)14(18)17-11-4-3-7-16-9-11/h5-6,8,11,15-16H,3-4,7,9H2,1-2H3,(H,17,18)/t11-/m0/s1. The maximum Gasteiger partial charge on any atom is 0.251 e. The molecule has 1 aromatic carbocycles. The van der Waals surface area contributed by atoms with Crippen LogP contribution in [-0.4, -0.2) is 47.6 Å². The lowest BCUT2D eigenvalue weighted by atomic mass is 10.1. The molecule has 1 aliphatic heterocycles. The fourth-order valence-electron chi connectivity index (χ4n) is 2.38. The van der Waals surface area contributed by atoms with Crippen LogP contribution < -0.4 is 20.1 Å². The fourth-order valence-corrected chi connectivity index (χ4v) is 3.30. The van der Waals surface area contributed by atoms with Crippen LogP contribution in [0.3, 0.4) is 0 Å². The summed E-state index contributed by atoms with van der Waals surface area (Å²) in [6, 6.07) is 4.43. The molecule has 122 valence electrons. The Morgan fingerprint density at radius 3 is 2.77 bits per heavy atom. The monoisotopic (exact) mass is 327 g/mol. The van der Waals surface area contributed by atoms with Crippen LogP contribution in [0.25, 0.3) is 0 Å². The number of carbonyl (C=O) groups is 1. The van der Waals surface area contributed by atoms with Crippen molar-refractivity contribution in [3.8, 4) is 5.75 Å². The van der Waals surface area contributed by atoms with Gasteiger partial charge in [-0.2, -0.15) is 0 Å². The number of piperidine rings is 1. The van der Waals surface area contributed by atoms with Crippen molar-refractivity contribution in [2.24, 2.45) is 0 Å². The number of hydrogen-bond donors (Lipinski definition) is 3. The highest BCUT2D eigenvalue weighted by Gasteiger charge is 2.21. The minimum atomic E-state index is -3.70. The molecule has 1 atom stereocenters. The van der Waals surface area contributed by atoms with Gasteiger partial charge in [0.15, 0.2) is 0 Å². The van der Waals surface area contributed by atoms with E-state index in [1.807, 2.05) is 0 Å². The second-order valence-electron chi connectivity index (χ2n) is 5.09. The van der Waals surface area contributed by atoms with Crippen LogP contribution in [0.5, 0.6) is 5.75 Å². The molecular formula is C14H21N3O4S. The summed E-state index contributed by atoms with van der Waals surface area (Å²) in [7, 11) is -0.996. The number of amides is 1. The van der Waals surface area contributed by atoms with Crippen LogP contribution in [-0.2, 0) is 10.0 Å². The van der Waals surface area contributed by atoms with Crippen molar-refractivity contribution in [1.29, 1.82) is 0 Å². The van der Waals surface area contributed by atoms with E-state index in [4.69, 9.17) is 4.74 Å². The molecule has 1 fully saturated rings. The first-order chi connectivity index (χ1) is 10.5. The highest BCUT2D eigenvalue weighted by atomic mass is 32.2. The Bertz CT molecular complexity index is 639. The van der Waals surface area contributed by atoms with Gasteiger partial charge in [0.05, 0.1) is 7.11 Å². The zero-order valence-corrected chi connectivity index (χ0v) is 13.5. The lowest BCUT2D eigenvalue weighted by molar-refractivity contribution is 0.0930. The zero-order chi connectivity index (χ0) is 16.2. The highest BCUT2D eigenvalue weighted by molar-refractivity contribution is 7.89. The second-order valence-corrected chi connectivity index (χ2v) is 6.94. The van der Waals surface area contributed by atoms with Gasteiger partial charge >= 0.3 is 0 Å². The van der Waals surface area contributed by atoms with Crippen molar-refractivity contribution in [2.45, 2.75) is 23.8 Å². The minimum absolute atomic E-state index is 0.0491. The van der Waals surface area contributed by atoms with Gasteiger partial charge in [0, 0.05) is 18.2 Å². The van der Waals surface area contributed by atoms with Crippen LogP contribution in [0.15, 0.2) is 23.1 Å². The average Bonchev–Trinajstić information content (AvgIpc) is 2.55. The van der Waals surface area contributed by atoms with Crippen molar-refractivity contribution in [3.05, 3.63) is 23.8 Å². The molecule has 0 spiro atoms. The van der Waals surface area contributed by atoms with Crippen molar-refractivity contribution in [1.82, 2.24) is 15.4 Å². The quantitative estimate of drug-likeness (QED) is 0.712. The first kappa shape index (κ1) is 16.7. The molecule has 1 heterocycles. The third kappa shape index (κ3) is 3.76. The smallest absolute Gasteiger partial charge is 0.251 e. The molecule has 2 rings (SSSR count). The molecular weight excluding hydrogens is 306 g/mol. The Hall–Kier alpha value is -1.64. The highest BCUT2D eigenvalue weighted by Crippen LogP contribution is 2.24. The van der Waals surface area contributed by atoms with E-state index in [9.17, 15) is 13.2 Å². The van der Waals surface area contributed by atoms with Gasteiger partial charge in [0.25, 0.3) is 5.91 Å². The van der Waals surface area contributed by atoms with E-state index in [-0.39, 0.29) is 22.6 Å². The molecule has 0 aliphatic carbocycles. The molecule has 0 aromatic heterocycles. The van der Waals surface area contributed by atoms with E-state index in [1.54, 1.807) is 6.07 Å². The summed E-state index contributed by atoms with van der Waals surface area (Å²) >= 11 is 0. The number of methoxy groups -OCH3 is 1. The number of carbonyl (C=O) groups excluding carboxylic acids is 1. The minimum Gasteiger partial charge on any atom is -0.495 e. The van der Waals surface area contributed by atoms with Gasteiger partial charge in [-0.15, -0.1) is 0 Å². The van der Waals surface area contributed by atoms with E-state index in [2.05, 4.69) is 15.4 Å². The maximum atomic E-state index is 12.3. The molecule has 8 heteroatoms. The van der Waals surface area contributed by atoms with Crippen LogP contribution in [0, 0.1) is 0 Å². The number of benzene rings is 1.